The van der Waals surface area contributed by atoms with E-state index < -0.39 is 0 Å². The summed E-state index contributed by atoms with van der Waals surface area (Å²) in [7, 11) is 4.21. The summed E-state index contributed by atoms with van der Waals surface area (Å²) in [5.74, 6) is 0.727. The van der Waals surface area contributed by atoms with Gasteiger partial charge in [0.15, 0.2) is 0 Å². The molecule has 1 aliphatic rings. The lowest BCUT2D eigenvalue weighted by atomic mass is 9.94. The fourth-order valence-corrected chi connectivity index (χ4v) is 3.20. The Morgan fingerprint density at radius 1 is 1.10 bits per heavy atom. The van der Waals surface area contributed by atoms with Gasteiger partial charge in [0.05, 0.1) is 0 Å². The average Bonchev–Trinajstić information content (AvgIpc) is 2.91. The predicted octanol–water partition coefficient (Wildman–Crippen LogP) is 3.18. The molecule has 1 saturated heterocycles. The van der Waals surface area contributed by atoms with Crippen LogP contribution in [0.15, 0.2) is 24.3 Å². The highest BCUT2D eigenvalue weighted by Gasteiger charge is 2.21. The first-order chi connectivity index (χ1) is 9.50. The molecule has 1 aromatic rings. The van der Waals surface area contributed by atoms with Crippen molar-refractivity contribution >= 4 is 5.91 Å². The summed E-state index contributed by atoms with van der Waals surface area (Å²) in [6.45, 7) is 6.28. The molecule has 0 N–H and O–H groups in total. The molecule has 0 saturated carbocycles. The number of hydrogen-bond acceptors (Lipinski definition) is 2. The molecular weight excluding hydrogens is 248 g/mol. The second kappa shape index (κ2) is 6.40. The van der Waals surface area contributed by atoms with E-state index in [1.807, 2.05) is 17.0 Å². The highest BCUT2D eigenvalue weighted by Crippen LogP contribution is 2.26. The molecule has 1 aromatic carbocycles. The Morgan fingerprint density at radius 2 is 1.65 bits per heavy atom. The first-order valence-corrected chi connectivity index (χ1v) is 7.56. The maximum Gasteiger partial charge on any atom is 0.253 e. The van der Waals surface area contributed by atoms with Crippen molar-refractivity contribution in [2.45, 2.75) is 32.7 Å². The number of nitrogens with zero attached hydrogens (tertiary/aromatic N) is 2. The highest BCUT2D eigenvalue weighted by molar-refractivity contribution is 5.94. The number of likely N-dealkylation sites (tertiary alicyclic amines) is 1. The zero-order chi connectivity index (χ0) is 14.7. The van der Waals surface area contributed by atoms with Gasteiger partial charge in [0.25, 0.3) is 5.91 Å². The number of amides is 1. The van der Waals surface area contributed by atoms with Crippen molar-refractivity contribution in [3.8, 4) is 0 Å². The third-order valence-corrected chi connectivity index (χ3v) is 4.08. The molecule has 0 radical (unpaired) electrons. The minimum atomic E-state index is 0.181. The lowest BCUT2D eigenvalue weighted by Gasteiger charge is -2.28. The molecule has 1 atom stereocenters. The van der Waals surface area contributed by atoms with Gasteiger partial charge < -0.3 is 9.80 Å². The van der Waals surface area contributed by atoms with Gasteiger partial charge >= 0.3 is 0 Å². The van der Waals surface area contributed by atoms with Gasteiger partial charge in [0.1, 0.15) is 0 Å². The molecule has 1 fully saturated rings. The van der Waals surface area contributed by atoms with Gasteiger partial charge in [-0.15, -0.1) is 0 Å². The van der Waals surface area contributed by atoms with Crippen molar-refractivity contribution in [1.82, 2.24) is 9.80 Å². The summed E-state index contributed by atoms with van der Waals surface area (Å²) < 4.78 is 0. The number of carbonyl (C=O) groups excluding carboxylic acids is 1. The van der Waals surface area contributed by atoms with Crippen LogP contribution in [0.5, 0.6) is 0 Å². The van der Waals surface area contributed by atoms with E-state index in [0.29, 0.717) is 12.0 Å². The van der Waals surface area contributed by atoms with Crippen LogP contribution in [0.1, 0.15) is 48.7 Å². The lowest BCUT2D eigenvalue weighted by molar-refractivity contribution is 0.0793. The van der Waals surface area contributed by atoms with Crippen LogP contribution in [0.2, 0.25) is 0 Å². The van der Waals surface area contributed by atoms with Crippen LogP contribution >= 0.6 is 0 Å². The van der Waals surface area contributed by atoms with Crippen LogP contribution in [0.4, 0.5) is 0 Å². The van der Waals surface area contributed by atoms with E-state index in [9.17, 15) is 4.79 Å². The lowest BCUT2D eigenvalue weighted by Crippen LogP contribution is -2.28. The summed E-state index contributed by atoms with van der Waals surface area (Å²) in [6.07, 6.45) is 2.28. The molecule has 0 spiro atoms. The van der Waals surface area contributed by atoms with Gasteiger partial charge in [0, 0.05) is 24.7 Å². The number of hydrogen-bond donors (Lipinski definition) is 0. The Balaban J connectivity index is 2.14. The molecule has 110 valence electrons. The van der Waals surface area contributed by atoms with Crippen molar-refractivity contribution in [1.29, 1.82) is 0 Å². The fourth-order valence-electron chi connectivity index (χ4n) is 3.20. The van der Waals surface area contributed by atoms with E-state index in [2.05, 4.69) is 45.0 Å². The Kier molecular flexibility index (Phi) is 4.81. The van der Waals surface area contributed by atoms with Crippen molar-refractivity contribution in [2.24, 2.45) is 5.92 Å². The van der Waals surface area contributed by atoms with Crippen molar-refractivity contribution in [3.63, 3.8) is 0 Å². The van der Waals surface area contributed by atoms with E-state index in [-0.39, 0.29) is 5.91 Å². The van der Waals surface area contributed by atoms with Crippen LogP contribution in [0.3, 0.4) is 0 Å². The number of carbonyl (C=O) groups is 1. The summed E-state index contributed by atoms with van der Waals surface area (Å²) in [5.41, 5.74) is 2.10. The Bertz CT molecular complexity index is 437. The third-order valence-electron chi connectivity index (χ3n) is 4.08. The summed E-state index contributed by atoms with van der Waals surface area (Å²) in [4.78, 5) is 16.5. The molecule has 0 bridgehead atoms. The quantitative estimate of drug-likeness (QED) is 0.842. The predicted molar refractivity (Wildman–Crippen MR) is 82.8 cm³/mol. The van der Waals surface area contributed by atoms with E-state index in [0.717, 1.165) is 31.5 Å². The molecule has 3 nitrogen and oxygen atoms in total. The normalized spacial score (nSPS) is 17.0. The molecule has 1 heterocycles. The molecule has 1 amide bonds. The average molecular weight is 274 g/mol. The molecule has 20 heavy (non-hydrogen) atoms. The first-order valence-electron chi connectivity index (χ1n) is 7.56. The van der Waals surface area contributed by atoms with Crippen LogP contribution in [0, 0.1) is 5.92 Å². The van der Waals surface area contributed by atoms with Gasteiger partial charge in [-0.05, 0) is 50.6 Å². The standard InChI is InChI=1S/C17H26N2O/c1-13(2)16(18(3)4)14-7-9-15(10-8-14)17(20)19-11-5-6-12-19/h7-10,13,16H,5-6,11-12H2,1-4H3/t16-/m1/s1. The van der Waals surface area contributed by atoms with E-state index in [1.165, 1.54) is 5.56 Å². The Labute approximate surface area is 122 Å². The SMILES string of the molecule is CC(C)[C@H](c1ccc(C(=O)N2CCCC2)cc1)N(C)C. The zero-order valence-electron chi connectivity index (χ0n) is 13.1. The smallest absolute Gasteiger partial charge is 0.253 e. The van der Waals surface area contributed by atoms with Crippen molar-refractivity contribution in [3.05, 3.63) is 35.4 Å². The van der Waals surface area contributed by atoms with Crippen LogP contribution < -0.4 is 0 Å². The van der Waals surface area contributed by atoms with E-state index >= 15 is 0 Å². The second-order valence-electron chi connectivity index (χ2n) is 6.27. The van der Waals surface area contributed by atoms with Gasteiger partial charge in [-0.2, -0.15) is 0 Å². The van der Waals surface area contributed by atoms with Crippen LogP contribution in [-0.4, -0.2) is 42.9 Å². The first kappa shape index (κ1) is 15.0. The summed E-state index contributed by atoms with van der Waals surface area (Å²) in [5, 5.41) is 0. The second-order valence-corrected chi connectivity index (χ2v) is 6.27. The molecule has 0 unspecified atom stereocenters. The maximum atomic E-state index is 12.3. The fraction of sp³-hybridized carbons (Fsp3) is 0.588. The molecule has 1 aliphatic heterocycles. The Morgan fingerprint density at radius 3 is 2.10 bits per heavy atom. The summed E-state index contributed by atoms with van der Waals surface area (Å²) in [6, 6.07) is 8.57. The third kappa shape index (κ3) is 3.21. The van der Waals surface area contributed by atoms with Crippen LogP contribution in [-0.2, 0) is 0 Å². The van der Waals surface area contributed by atoms with Gasteiger partial charge in [-0.1, -0.05) is 26.0 Å². The van der Waals surface area contributed by atoms with Gasteiger partial charge in [-0.25, -0.2) is 0 Å². The van der Waals surface area contributed by atoms with Crippen molar-refractivity contribution < 1.29 is 4.79 Å². The number of benzene rings is 1. The van der Waals surface area contributed by atoms with E-state index in [1.54, 1.807) is 0 Å². The minimum absolute atomic E-state index is 0.181. The molecule has 3 heteroatoms. The van der Waals surface area contributed by atoms with Gasteiger partial charge in [-0.3, -0.25) is 4.79 Å². The largest absolute Gasteiger partial charge is 0.339 e. The molecule has 2 rings (SSSR count). The minimum Gasteiger partial charge on any atom is -0.339 e. The molecule has 0 aliphatic carbocycles. The molecular formula is C17H26N2O. The van der Waals surface area contributed by atoms with Gasteiger partial charge in [0.2, 0.25) is 0 Å². The number of rotatable bonds is 4. The topological polar surface area (TPSA) is 23.6 Å². The van der Waals surface area contributed by atoms with Crippen LogP contribution in [0.25, 0.3) is 0 Å². The highest BCUT2D eigenvalue weighted by atomic mass is 16.2. The monoisotopic (exact) mass is 274 g/mol. The maximum absolute atomic E-state index is 12.3. The molecule has 0 aromatic heterocycles. The summed E-state index contributed by atoms with van der Waals surface area (Å²) >= 11 is 0. The van der Waals surface area contributed by atoms with E-state index in [4.69, 9.17) is 0 Å². The van der Waals surface area contributed by atoms with Crippen molar-refractivity contribution in [2.75, 3.05) is 27.2 Å². The Hall–Kier alpha value is -1.35. The zero-order valence-corrected chi connectivity index (χ0v) is 13.1.